The standard InChI is InChI=1S/C31H30N2O3/c1-35-29-22-25(16-17-28(29)36-21-19-24-12-6-3-7-13-24)30-32-27-15-9-8-14-26(27)31(34)33(30)20-18-23-10-4-2-5-11-23/h2-17,22,30,32H,18-21H2,1H3. The van der Waals surface area contributed by atoms with Gasteiger partial charge >= 0.3 is 0 Å². The second-order valence-corrected chi connectivity index (χ2v) is 8.82. The molecule has 0 spiro atoms. The molecule has 5 nitrogen and oxygen atoms in total. The predicted octanol–water partition coefficient (Wildman–Crippen LogP) is 6.13. The molecule has 0 aliphatic carbocycles. The summed E-state index contributed by atoms with van der Waals surface area (Å²) in [6.07, 6.45) is 1.27. The number of benzene rings is 4. The molecule has 5 rings (SSSR count). The average molecular weight is 479 g/mol. The molecule has 0 aromatic heterocycles. The van der Waals surface area contributed by atoms with Crippen LogP contribution < -0.4 is 14.8 Å². The van der Waals surface area contributed by atoms with E-state index in [-0.39, 0.29) is 12.1 Å². The van der Waals surface area contributed by atoms with Gasteiger partial charge in [0.25, 0.3) is 5.91 Å². The van der Waals surface area contributed by atoms with E-state index in [1.54, 1.807) is 7.11 Å². The Bertz CT molecular complexity index is 1310. The van der Waals surface area contributed by atoms with Crippen LogP contribution in [0.1, 0.15) is 33.2 Å². The van der Waals surface area contributed by atoms with E-state index in [1.807, 2.05) is 83.8 Å². The molecule has 1 amide bonds. The minimum absolute atomic E-state index is 0.0208. The highest BCUT2D eigenvalue weighted by molar-refractivity contribution is 6.01. The lowest BCUT2D eigenvalue weighted by molar-refractivity contribution is 0.0685. The Hall–Kier alpha value is -4.25. The number of nitrogens with zero attached hydrogens (tertiary/aromatic N) is 1. The molecule has 1 heterocycles. The van der Waals surface area contributed by atoms with Crippen molar-refractivity contribution in [3.8, 4) is 11.5 Å². The van der Waals surface area contributed by atoms with Crippen LogP contribution in [0.3, 0.4) is 0 Å². The third kappa shape index (κ3) is 5.20. The summed E-state index contributed by atoms with van der Waals surface area (Å²) in [5.41, 5.74) is 4.90. The number of carbonyl (C=O) groups excluding carboxylic acids is 1. The van der Waals surface area contributed by atoms with Gasteiger partial charge in [-0.05, 0) is 47.4 Å². The molecular formula is C31H30N2O3. The first kappa shape index (κ1) is 23.5. The van der Waals surface area contributed by atoms with Crippen LogP contribution in [0.4, 0.5) is 5.69 Å². The molecule has 0 bridgehead atoms. The lowest BCUT2D eigenvalue weighted by Crippen LogP contribution is -2.44. The Balaban J connectivity index is 1.38. The first-order valence-corrected chi connectivity index (χ1v) is 12.3. The van der Waals surface area contributed by atoms with Crippen molar-refractivity contribution in [1.29, 1.82) is 0 Å². The first-order valence-electron chi connectivity index (χ1n) is 12.3. The van der Waals surface area contributed by atoms with Gasteiger partial charge in [-0.2, -0.15) is 0 Å². The second-order valence-electron chi connectivity index (χ2n) is 8.82. The van der Waals surface area contributed by atoms with Crippen molar-refractivity contribution in [1.82, 2.24) is 4.90 Å². The van der Waals surface area contributed by atoms with Crippen LogP contribution in [0.15, 0.2) is 103 Å². The van der Waals surface area contributed by atoms with E-state index in [2.05, 4.69) is 29.6 Å². The molecule has 0 fully saturated rings. The summed E-state index contributed by atoms with van der Waals surface area (Å²) >= 11 is 0. The van der Waals surface area contributed by atoms with Crippen molar-refractivity contribution in [2.75, 3.05) is 25.6 Å². The van der Waals surface area contributed by atoms with E-state index in [4.69, 9.17) is 9.47 Å². The highest BCUT2D eigenvalue weighted by Crippen LogP contribution is 2.37. The third-order valence-corrected chi connectivity index (χ3v) is 6.50. The van der Waals surface area contributed by atoms with Gasteiger partial charge in [-0.15, -0.1) is 0 Å². The minimum Gasteiger partial charge on any atom is -0.493 e. The van der Waals surface area contributed by atoms with Crippen LogP contribution in [0.5, 0.6) is 11.5 Å². The van der Waals surface area contributed by atoms with E-state index in [0.29, 0.717) is 30.2 Å². The monoisotopic (exact) mass is 478 g/mol. The predicted molar refractivity (Wildman–Crippen MR) is 143 cm³/mol. The maximum atomic E-state index is 13.5. The van der Waals surface area contributed by atoms with Crippen molar-refractivity contribution in [3.63, 3.8) is 0 Å². The van der Waals surface area contributed by atoms with Crippen LogP contribution in [-0.2, 0) is 12.8 Å². The molecule has 0 radical (unpaired) electrons. The second kappa shape index (κ2) is 11.0. The number of rotatable bonds is 9. The van der Waals surface area contributed by atoms with Crippen LogP contribution in [0, 0.1) is 0 Å². The minimum atomic E-state index is -0.316. The quantitative estimate of drug-likeness (QED) is 0.315. The van der Waals surface area contributed by atoms with Gasteiger partial charge in [-0.1, -0.05) is 78.9 Å². The Morgan fingerprint density at radius 1 is 0.778 bits per heavy atom. The summed E-state index contributed by atoms with van der Waals surface area (Å²) in [4.78, 5) is 15.5. The average Bonchev–Trinajstić information content (AvgIpc) is 2.94. The van der Waals surface area contributed by atoms with E-state index in [0.717, 1.165) is 24.1 Å². The van der Waals surface area contributed by atoms with E-state index in [1.165, 1.54) is 11.1 Å². The third-order valence-electron chi connectivity index (χ3n) is 6.50. The number of ether oxygens (including phenoxy) is 2. The SMILES string of the molecule is COc1cc(C2Nc3ccccc3C(=O)N2CCc2ccccc2)ccc1OCCc1ccccc1. The highest BCUT2D eigenvalue weighted by atomic mass is 16.5. The van der Waals surface area contributed by atoms with E-state index in [9.17, 15) is 4.79 Å². The molecule has 5 heteroatoms. The van der Waals surface area contributed by atoms with Crippen LogP contribution >= 0.6 is 0 Å². The van der Waals surface area contributed by atoms with Crippen LogP contribution in [-0.4, -0.2) is 31.1 Å². The number of anilines is 1. The highest BCUT2D eigenvalue weighted by Gasteiger charge is 2.33. The fraction of sp³-hybridized carbons (Fsp3) is 0.194. The maximum absolute atomic E-state index is 13.5. The van der Waals surface area contributed by atoms with Gasteiger partial charge in [0, 0.05) is 18.7 Å². The molecule has 1 unspecified atom stereocenters. The van der Waals surface area contributed by atoms with Gasteiger partial charge in [0.15, 0.2) is 11.5 Å². The molecule has 1 atom stereocenters. The zero-order valence-corrected chi connectivity index (χ0v) is 20.4. The van der Waals surface area contributed by atoms with Gasteiger partial charge < -0.3 is 19.7 Å². The molecule has 1 aliphatic heterocycles. The van der Waals surface area contributed by atoms with Crippen molar-refractivity contribution in [2.45, 2.75) is 19.0 Å². The molecule has 182 valence electrons. The van der Waals surface area contributed by atoms with Gasteiger partial charge in [0.1, 0.15) is 6.17 Å². The Morgan fingerprint density at radius 2 is 1.44 bits per heavy atom. The molecular weight excluding hydrogens is 448 g/mol. The summed E-state index contributed by atoms with van der Waals surface area (Å²) in [6.45, 7) is 1.14. The zero-order chi connectivity index (χ0) is 24.7. The number of carbonyl (C=O) groups is 1. The Morgan fingerprint density at radius 3 is 2.17 bits per heavy atom. The summed E-state index contributed by atoms with van der Waals surface area (Å²) in [5.74, 6) is 1.36. The first-order chi connectivity index (χ1) is 17.7. The topological polar surface area (TPSA) is 50.8 Å². The molecule has 4 aromatic rings. The molecule has 0 saturated carbocycles. The summed E-state index contributed by atoms with van der Waals surface area (Å²) in [6, 6.07) is 34.1. The lowest BCUT2D eigenvalue weighted by atomic mass is 10.0. The van der Waals surface area contributed by atoms with Crippen molar-refractivity contribution in [3.05, 3.63) is 125 Å². The number of fused-ring (bicyclic) bond motifs is 1. The number of methoxy groups -OCH3 is 1. The smallest absolute Gasteiger partial charge is 0.257 e. The lowest BCUT2D eigenvalue weighted by Gasteiger charge is -2.38. The van der Waals surface area contributed by atoms with Crippen molar-refractivity contribution < 1.29 is 14.3 Å². The van der Waals surface area contributed by atoms with E-state index < -0.39 is 0 Å². The van der Waals surface area contributed by atoms with Gasteiger partial charge in [0.2, 0.25) is 0 Å². The number of amides is 1. The molecule has 1 aliphatic rings. The number of nitrogens with one attached hydrogen (secondary N) is 1. The number of hydrogen-bond acceptors (Lipinski definition) is 4. The number of para-hydroxylation sites is 1. The van der Waals surface area contributed by atoms with E-state index >= 15 is 0 Å². The maximum Gasteiger partial charge on any atom is 0.257 e. The molecule has 4 aromatic carbocycles. The molecule has 36 heavy (non-hydrogen) atoms. The Labute approximate surface area is 212 Å². The molecule has 0 saturated heterocycles. The molecule has 1 N–H and O–H groups in total. The summed E-state index contributed by atoms with van der Waals surface area (Å²) in [7, 11) is 1.64. The largest absolute Gasteiger partial charge is 0.493 e. The fourth-order valence-electron chi connectivity index (χ4n) is 4.58. The van der Waals surface area contributed by atoms with Gasteiger partial charge in [0.05, 0.1) is 19.3 Å². The van der Waals surface area contributed by atoms with Gasteiger partial charge in [-0.25, -0.2) is 0 Å². The summed E-state index contributed by atoms with van der Waals surface area (Å²) in [5, 5.41) is 3.57. The van der Waals surface area contributed by atoms with Crippen LogP contribution in [0.2, 0.25) is 0 Å². The zero-order valence-electron chi connectivity index (χ0n) is 20.4. The summed E-state index contributed by atoms with van der Waals surface area (Å²) < 4.78 is 11.7. The fourth-order valence-corrected chi connectivity index (χ4v) is 4.58. The Kier molecular flexibility index (Phi) is 7.17. The van der Waals surface area contributed by atoms with Gasteiger partial charge in [-0.3, -0.25) is 4.79 Å². The normalized spacial score (nSPS) is 14.6. The van der Waals surface area contributed by atoms with Crippen LogP contribution in [0.25, 0.3) is 0 Å². The number of hydrogen-bond donors (Lipinski definition) is 1. The van der Waals surface area contributed by atoms with Crippen molar-refractivity contribution in [2.24, 2.45) is 0 Å². The van der Waals surface area contributed by atoms with Crippen molar-refractivity contribution >= 4 is 11.6 Å².